The molecule has 1 amide bonds. The zero-order valence-electron chi connectivity index (χ0n) is 14.5. The first kappa shape index (κ1) is 15.6. The van der Waals surface area contributed by atoms with E-state index in [4.69, 9.17) is 0 Å². The van der Waals surface area contributed by atoms with Crippen LogP contribution in [0.3, 0.4) is 0 Å². The van der Waals surface area contributed by atoms with Crippen LogP contribution in [0.2, 0.25) is 0 Å². The fourth-order valence-corrected chi connectivity index (χ4v) is 3.43. The maximum Gasteiger partial charge on any atom is 0.275 e. The fourth-order valence-electron chi connectivity index (χ4n) is 3.43. The Morgan fingerprint density at radius 1 is 1.20 bits per heavy atom. The molecule has 3 aromatic rings. The number of imidazole rings is 1. The molecular formula is C19H21N5O. The van der Waals surface area contributed by atoms with E-state index in [1.54, 1.807) is 4.68 Å². The number of carbonyl (C=O) groups excluding carboxylic acids is 1. The number of nitrogens with zero attached hydrogens (tertiary/aromatic N) is 5. The third-order valence-electron chi connectivity index (χ3n) is 4.81. The van der Waals surface area contributed by atoms with E-state index in [2.05, 4.69) is 26.8 Å². The van der Waals surface area contributed by atoms with Crippen LogP contribution in [0.5, 0.6) is 0 Å². The highest BCUT2D eigenvalue weighted by atomic mass is 16.2. The molecule has 2 aromatic heterocycles. The molecule has 25 heavy (non-hydrogen) atoms. The lowest BCUT2D eigenvalue weighted by Crippen LogP contribution is -2.36. The topological polar surface area (TPSA) is 56.0 Å². The molecule has 0 radical (unpaired) electrons. The van der Waals surface area contributed by atoms with Gasteiger partial charge in [-0.2, -0.15) is 5.10 Å². The summed E-state index contributed by atoms with van der Waals surface area (Å²) in [6.07, 6.45) is 4.69. The zero-order chi connectivity index (χ0) is 17.4. The van der Waals surface area contributed by atoms with Gasteiger partial charge in [-0.15, -0.1) is 0 Å². The maximum atomic E-state index is 13.2. The van der Waals surface area contributed by atoms with Gasteiger partial charge in [0.25, 0.3) is 5.91 Å². The molecule has 1 aliphatic rings. The summed E-state index contributed by atoms with van der Waals surface area (Å²) in [7, 11) is 1.86. The van der Waals surface area contributed by atoms with E-state index >= 15 is 0 Å². The summed E-state index contributed by atoms with van der Waals surface area (Å²) in [5, 5.41) is 4.39. The standard InChI is InChI=1S/C19H21N5O/c1-14-13-16(21-22(14)2)19(25)24-11-6-10-23-12-9-20-18(23)17(24)15-7-4-3-5-8-15/h3-5,7-9,12-13,17H,6,10-11H2,1-2H3. The Balaban J connectivity index is 1.80. The second-order valence-electron chi connectivity index (χ2n) is 6.44. The van der Waals surface area contributed by atoms with E-state index in [0.717, 1.165) is 30.0 Å². The minimum absolute atomic E-state index is 0.0472. The SMILES string of the molecule is Cc1cc(C(=O)N2CCCn3ccnc3C2c2ccccc2)nn1C. The van der Waals surface area contributed by atoms with Gasteiger partial charge in [0, 0.05) is 38.2 Å². The zero-order valence-corrected chi connectivity index (χ0v) is 14.5. The van der Waals surface area contributed by atoms with Crippen molar-refractivity contribution >= 4 is 5.91 Å². The van der Waals surface area contributed by atoms with Crippen LogP contribution in [-0.2, 0) is 13.6 Å². The summed E-state index contributed by atoms with van der Waals surface area (Å²) < 4.78 is 3.89. The summed E-state index contributed by atoms with van der Waals surface area (Å²) in [6, 6.07) is 11.7. The van der Waals surface area contributed by atoms with Crippen LogP contribution in [-0.4, -0.2) is 36.7 Å². The van der Waals surface area contributed by atoms with Crippen LogP contribution in [0.15, 0.2) is 48.8 Å². The Kier molecular flexibility index (Phi) is 3.87. The second kappa shape index (κ2) is 6.20. The molecule has 0 fully saturated rings. The van der Waals surface area contributed by atoms with Crippen molar-refractivity contribution in [1.29, 1.82) is 0 Å². The smallest absolute Gasteiger partial charge is 0.275 e. The molecular weight excluding hydrogens is 314 g/mol. The van der Waals surface area contributed by atoms with Crippen LogP contribution in [0.4, 0.5) is 0 Å². The van der Waals surface area contributed by atoms with Crippen molar-refractivity contribution in [3.8, 4) is 0 Å². The maximum absolute atomic E-state index is 13.2. The van der Waals surface area contributed by atoms with E-state index in [0.29, 0.717) is 12.2 Å². The molecule has 0 bridgehead atoms. The third-order valence-corrected chi connectivity index (χ3v) is 4.81. The molecule has 128 valence electrons. The number of fused-ring (bicyclic) bond motifs is 1. The van der Waals surface area contributed by atoms with Crippen molar-refractivity contribution in [2.45, 2.75) is 25.9 Å². The van der Waals surface area contributed by atoms with Crippen molar-refractivity contribution < 1.29 is 4.79 Å². The molecule has 6 nitrogen and oxygen atoms in total. The first-order valence-corrected chi connectivity index (χ1v) is 8.53. The van der Waals surface area contributed by atoms with Crippen molar-refractivity contribution in [2.75, 3.05) is 6.54 Å². The van der Waals surface area contributed by atoms with Crippen molar-refractivity contribution in [2.24, 2.45) is 7.05 Å². The van der Waals surface area contributed by atoms with E-state index in [-0.39, 0.29) is 11.9 Å². The lowest BCUT2D eigenvalue weighted by atomic mass is 10.0. The quantitative estimate of drug-likeness (QED) is 0.723. The number of hydrogen-bond donors (Lipinski definition) is 0. The van der Waals surface area contributed by atoms with Gasteiger partial charge in [0.15, 0.2) is 5.69 Å². The molecule has 1 unspecified atom stereocenters. The van der Waals surface area contributed by atoms with E-state index in [9.17, 15) is 4.79 Å². The Morgan fingerprint density at radius 3 is 2.72 bits per heavy atom. The lowest BCUT2D eigenvalue weighted by Gasteiger charge is -2.29. The summed E-state index contributed by atoms with van der Waals surface area (Å²) in [5.41, 5.74) is 2.52. The number of aromatic nitrogens is 4. The van der Waals surface area contributed by atoms with Gasteiger partial charge in [0.2, 0.25) is 0 Å². The van der Waals surface area contributed by atoms with Crippen LogP contribution in [0.25, 0.3) is 0 Å². The van der Waals surface area contributed by atoms with Crippen molar-refractivity contribution in [3.05, 3.63) is 71.6 Å². The normalized spacial score (nSPS) is 17.2. The molecule has 0 N–H and O–H groups in total. The molecule has 0 saturated carbocycles. The summed E-state index contributed by atoms with van der Waals surface area (Å²) in [5.74, 6) is 0.860. The van der Waals surface area contributed by atoms with Gasteiger partial charge >= 0.3 is 0 Å². The largest absolute Gasteiger partial charge is 0.333 e. The number of hydrogen-bond acceptors (Lipinski definition) is 3. The number of aryl methyl sites for hydroxylation is 3. The molecule has 1 atom stereocenters. The second-order valence-corrected chi connectivity index (χ2v) is 6.44. The Labute approximate surface area is 146 Å². The number of benzene rings is 1. The first-order chi connectivity index (χ1) is 12.1. The van der Waals surface area contributed by atoms with Crippen LogP contribution < -0.4 is 0 Å². The Morgan fingerprint density at radius 2 is 2.00 bits per heavy atom. The molecule has 1 aromatic carbocycles. The van der Waals surface area contributed by atoms with E-state index in [1.807, 2.05) is 55.5 Å². The highest BCUT2D eigenvalue weighted by Gasteiger charge is 2.33. The lowest BCUT2D eigenvalue weighted by molar-refractivity contribution is 0.0700. The summed E-state index contributed by atoms with van der Waals surface area (Å²) in [6.45, 7) is 3.49. The molecule has 1 aliphatic heterocycles. The molecule has 0 aliphatic carbocycles. The van der Waals surface area contributed by atoms with Gasteiger partial charge < -0.3 is 9.47 Å². The highest BCUT2D eigenvalue weighted by Crippen LogP contribution is 2.31. The minimum Gasteiger partial charge on any atom is -0.333 e. The minimum atomic E-state index is -0.200. The van der Waals surface area contributed by atoms with Gasteiger partial charge in [-0.1, -0.05) is 30.3 Å². The average molecular weight is 335 g/mol. The Bertz CT molecular complexity index is 876. The molecule has 3 heterocycles. The van der Waals surface area contributed by atoms with Crippen LogP contribution in [0, 0.1) is 6.92 Å². The number of amides is 1. The van der Waals surface area contributed by atoms with E-state index in [1.165, 1.54) is 0 Å². The highest BCUT2D eigenvalue weighted by molar-refractivity contribution is 5.93. The van der Waals surface area contributed by atoms with Crippen LogP contribution in [0.1, 0.15) is 40.0 Å². The van der Waals surface area contributed by atoms with Gasteiger partial charge in [-0.3, -0.25) is 9.48 Å². The third kappa shape index (κ3) is 2.73. The van der Waals surface area contributed by atoms with Gasteiger partial charge in [-0.25, -0.2) is 4.98 Å². The predicted molar refractivity (Wildman–Crippen MR) is 94.1 cm³/mol. The van der Waals surface area contributed by atoms with E-state index < -0.39 is 0 Å². The fraction of sp³-hybridized carbons (Fsp3) is 0.316. The monoisotopic (exact) mass is 335 g/mol. The number of rotatable bonds is 2. The van der Waals surface area contributed by atoms with Gasteiger partial charge in [-0.05, 0) is 25.0 Å². The summed E-state index contributed by atoms with van der Waals surface area (Å²) in [4.78, 5) is 19.7. The molecule has 6 heteroatoms. The van der Waals surface area contributed by atoms with Gasteiger partial charge in [0.05, 0.1) is 0 Å². The molecule has 4 rings (SSSR count). The number of carbonyl (C=O) groups is 1. The van der Waals surface area contributed by atoms with Crippen LogP contribution >= 0.6 is 0 Å². The first-order valence-electron chi connectivity index (χ1n) is 8.53. The molecule has 0 spiro atoms. The molecule has 0 saturated heterocycles. The average Bonchev–Trinajstić information content (AvgIpc) is 3.16. The summed E-state index contributed by atoms with van der Waals surface area (Å²) >= 11 is 0. The van der Waals surface area contributed by atoms with Gasteiger partial charge in [0.1, 0.15) is 11.9 Å². The Hall–Kier alpha value is -2.89. The van der Waals surface area contributed by atoms with Crippen molar-refractivity contribution in [1.82, 2.24) is 24.2 Å². The predicted octanol–water partition coefficient (Wildman–Crippen LogP) is 2.56. The van der Waals surface area contributed by atoms with Crippen molar-refractivity contribution in [3.63, 3.8) is 0 Å².